The first-order valence-corrected chi connectivity index (χ1v) is 9.29. The van der Waals surface area contributed by atoms with Gasteiger partial charge in [0, 0.05) is 32.7 Å². The Hall–Kier alpha value is -3.14. The van der Waals surface area contributed by atoms with Gasteiger partial charge in [0.25, 0.3) is 0 Å². The summed E-state index contributed by atoms with van der Waals surface area (Å²) < 4.78 is 16.3. The highest BCUT2D eigenvalue weighted by Gasteiger charge is 2.27. The van der Waals surface area contributed by atoms with Crippen LogP contribution >= 0.6 is 0 Å². The summed E-state index contributed by atoms with van der Waals surface area (Å²) in [5.74, 6) is -0.528. The van der Waals surface area contributed by atoms with E-state index in [9.17, 15) is 9.59 Å². The summed E-state index contributed by atoms with van der Waals surface area (Å²) in [5.41, 5.74) is 0.953. The molecule has 2 aromatic rings. The van der Waals surface area contributed by atoms with Gasteiger partial charge < -0.3 is 19.1 Å². The molecule has 1 fully saturated rings. The lowest BCUT2D eigenvalue weighted by atomic mass is 10.2. The fraction of sp³-hybridized carbons (Fsp3) is 0.474. The zero-order valence-electron chi connectivity index (χ0n) is 16.8. The van der Waals surface area contributed by atoms with Gasteiger partial charge in [-0.05, 0) is 12.1 Å². The minimum absolute atomic E-state index is 0.00649. The number of aromatic nitrogens is 3. The monoisotopic (exact) mass is 403 g/mol. The average molecular weight is 403 g/mol. The number of hydrogen-bond donors (Lipinski definition) is 0. The van der Waals surface area contributed by atoms with Gasteiger partial charge >= 0.3 is 11.9 Å². The van der Waals surface area contributed by atoms with Crippen molar-refractivity contribution in [1.82, 2.24) is 19.9 Å². The largest absolute Gasteiger partial charge is 0.495 e. The standard InChI is InChI=1S/C19H25N5O5/c1-27-15-7-5-4-6-14(15)23-11-8-22(9-12-23)10-13-24-17(19(26)29-3)16(20-21-24)18(25)28-2/h4-7H,8-13H2,1-3H3. The molecule has 29 heavy (non-hydrogen) atoms. The molecule has 10 heteroatoms. The molecule has 0 N–H and O–H groups in total. The van der Waals surface area contributed by atoms with Crippen molar-refractivity contribution in [3.8, 4) is 5.75 Å². The Balaban J connectivity index is 1.61. The molecule has 0 aliphatic carbocycles. The minimum Gasteiger partial charge on any atom is -0.495 e. The summed E-state index contributed by atoms with van der Waals surface area (Å²) in [6.07, 6.45) is 0. The molecule has 2 heterocycles. The summed E-state index contributed by atoms with van der Waals surface area (Å²) in [7, 11) is 4.15. The van der Waals surface area contributed by atoms with Crippen LogP contribution in [0.3, 0.4) is 0 Å². The van der Waals surface area contributed by atoms with Crippen LogP contribution in [0.25, 0.3) is 0 Å². The van der Waals surface area contributed by atoms with Crippen molar-refractivity contribution in [2.45, 2.75) is 6.54 Å². The van der Waals surface area contributed by atoms with Gasteiger partial charge in [-0.3, -0.25) is 4.90 Å². The average Bonchev–Trinajstić information content (AvgIpc) is 3.21. The van der Waals surface area contributed by atoms with E-state index >= 15 is 0 Å². The molecule has 1 saturated heterocycles. The molecule has 10 nitrogen and oxygen atoms in total. The van der Waals surface area contributed by atoms with Crippen molar-refractivity contribution >= 4 is 17.6 Å². The highest BCUT2D eigenvalue weighted by Crippen LogP contribution is 2.28. The smallest absolute Gasteiger partial charge is 0.361 e. The number of nitrogens with zero attached hydrogens (tertiary/aromatic N) is 5. The third-order valence-corrected chi connectivity index (χ3v) is 4.92. The van der Waals surface area contributed by atoms with Gasteiger partial charge in [-0.1, -0.05) is 17.3 Å². The number of benzene rings is 1. The molecular weight excluding hydrogens is 378 g/mol. The van der Waals surface area contributed by atoms with Gasteiger partial charge in [0.2, 0.25) is 5.69 Å². The summed E-state index contributed by atoms with van der Waals surface area (Å²) in [6, 6.07) is 7.97. The lowest BCUT2D eigenvalue weighted by Gasteiger charge is -2.36. The van der Waals surface area contributed by atoms with Crippen molar-refractivity contribution in [2.24, 2.45) is 0 Å². The Labute approximate surface area is 168 Å². The lowest BCUT2D eigenvalue weighted by molar-refractivity contribution is 0.0542. The zero-order chi connectivity index (χ0) is 20.8. The van der Waals surface area contributed by atoms with Crippen molar-refractivity contribution in [2.75, 3.05) is 59.0 Å². The maximum Gasteiger partial charge on any atom is 0.361 e. The van der Waals surface area contributed by atoms with Crippen LogP contribution in [0.1, 0.15) is 21.0 Å². The Morgan fingerprint density at radius 3 is 2.31 bits per heavy atom. The zero-order valence-corrected chi connectivity index (χ0v) is 16.8. The van der Waals surface area contributed by atoms with Crippen LogP contribution in [0, 0.1) is 0 Å². The Kier molecular flexibility index (Phi) is 6.65. The lowest BCUT2D eigenvalue weighted by Crippen LogP contribution is -2.47. The minimum atomic E-state index is -0.720. The van der Waals surface area contributed by atoms with Crippen LogP contribution in [0.2, 0.25) is 0 Å². The number of rotatable bonds is 7. The molecule has 1 aliphatic heterocycles. The fourth-order valence-corrected chi connectivity index (χ4v) is 3.34. The van der Waals surface area contributed by atoms with Crippen molar-refractivity contribution in [1.29, 1.82) is 0 Å². The summed E-state index contributed by atoms with van der Waals surface area (Å²) in [5, 5.41) is 7.72. The highest BCUT2D eigenvalue weighted by molar-refractivity contribution is 6.00. The van der Waals surface area contributed by atoms with Crippen molar-refractivity contribution < 1.29 is 23.8 Å². The number of carbonyl (C=O) groups is 2. The fourth-order valence-electron chi connectivity index (χ4n) is 3.34. The molecule has 156 valence electrons. The highest BCUT2D eigenvalue weighted by atomic mass is 16.5. The van der Waals surface area contributed by atoms with E-state index in [1.807, 2.05) is 18.2 Å². The van der Waals surface area contributed by atoms with Crippen molar-refractivity contribution in [3.63, 3.8) is 0 Å². The van der Waals surface area contributed by atoms with E-state index < -0.39 is 11.9 Å². The molecule has 0 spiro atoms. The number of methoxy groups -OCH3 is 3. The first-order chi connectivity index (χ1) is 14.1. The summed E-state index contributed by atoms with van der Waals surface area (Å²) >= 11 is 0. The molecule has 1 aliphatic rings. The number of anilines is 1. The molecule has 0 amide bonds. The van der Waals surface area contributed by atoms with E-state index in [0.29, 0.717) is 13.1 Å². The maximum atomic E-state index is 12.1. The second kappa shape index (κ2) is 9.37. The van der Waals surface area contributed by atoms with Gasteiger partial charge in [-0.25, -0.2) is 14.3 Å². The van der Waals surface area contributed by atoms with E-state index in [0.717, 1.165) is 37.6 Å². The maximum absolute atomic E-state index is 12.1. The Morgan fingerprint density at radius 1 is 0.966 bits per heavy atom. The third-order valence-electron chi connectivity index (χ3n) is 4.92. The predicted molar refractivity (Wildman–Crippen MR) is 104 cm³/mol. The normalized spacial score (nSPS) is 14.5. The first-order valence-electron chi connectivity index (χ1n) is 9.29. The number of hydrogen-bond acceptors (Lipinski definition) is 9. The Bertz CT molecular complexity index is 860. The number of esters is 2. The number of para-hydroxylation sites is 2. The molecule has 0 saturated carbocycles. The summed E-state index contributed by atoms with van der Waals surface area (Å²) in [6.45, 7) is 4.48. The molecule has 3 rings (SSSR count). The van der Waals surface area contributed by atoms with Gasteiger partial charge in [0.1, 0.15) is 5.75 Å². The summed E-state index contributed by atoms with van der Waals surface area (Å²) in [4.78, 5) is 28.5. The molecule has 1 aromatic heterocycles. The number of carbonyl (C=O) groups excluding carboxylic acids is 2. The van der Waals surface area contributed by atoms with Gasteiger partial charge in [0.15, 0.2) is 5.69 Å². The van der Waals surface area contributed by atoms with Gasteiger partial charge in [-0.2, -0.15) is 0 Å². The molecule has 0 bridgehead atoms. The predicted octanol–water partition coefficient (Wildman–Crippen LogP) is 0.682. The topological polar surface area (TPSA) is 99.0 Å². The molecule has 0 atom stereocenters. The second-order valence-corrected chi connectivity index (χ2v) is 6.49. The van der Waals surface area contributed by atoms with Gasteiger partial charge in [-0.15, -0.1) is 5.10 Å². The second-order valence-electron chi connectivity index (χ2n) is 6.49. The van der Waals surface area contributed by atoms with Gasteiger partial charge in [0.05, 0.1) is 33.6 Å². The Morgan fingerprint density at radius 2 is 1.66 bits per heavy atom. The molecular formula is C19H25N5O5. The molecule has 0 unspecified atom stereocenters. The molecule has 1 aromatic carbocycles. The number of ether oxygens (including phenoxy) is 3. The van der Waals surface area contributed by atoms with Crippen LogP contribution in [0.4, 0.5) is 5.69 Å². The third kappa shape index (κ3) is 4.48. The van der Waals surface area contributed by atoms with Crippen molar-refractivity contribution in [3.05, 3.63) is 35.7 Å². The van der Waals surface area contributed by atoms with E-state index in [4.69, 9.17) is 9.47 Å². The van der Waals surface area contributed by atoms with E-state index in [-0.39, 0.29) is 11.4 Å². The number of piperazine rings is 1. The van der Waals surface area contributed by atoms with E-state index in [1.165, 1.54) is 18.9 Å². The van der Waals surface area contributed by atoms with E-state index in [1.54, 1.807) is 7.11 Å². The van der Waals surface area contributed by atoms with Crippen LogP contribution < -0.4 is 9.64 Å². The van der Waals surface area contributed by atoms with Crippen LogP contribution in [-0.2, 0) is 16.0 Å². The SMILES string of the molecule is COC(=O)c1nnn(CCN2CCN(c3ccccc3OC)CC2)c1C(=O)OC. The van der Waals surface area contributed by atoms with Crippen LogP contribution in [0.15, 0.2) is 24.3 Å². The van der Waals surface area contributed by atoms with E-state index in [2.05, 4.69) is 30.9 Å². The first kappa shape index (κ1) is 20.6. The van der Waals surface area contributed by atoms with Crippen LogP contribution in [-0.4, -0.2) is 85.9 Å². The molecule has 0 radical (unpaired) electrons. The quantitative estimate of drug-likeness (QED) is 0.618. The van der Waals surface area contributed by atoms with Crippen LogP contribution in [0.5, 0.6) is 5.75 Å².